The molecule has 0 spiro atoms. The van der Waals surface area contributed by atoms with E-state index in [1.54, 1.807) is 0 Å². The molecule has 0 saturated heterocycles. The predicted octanol–water partition coefficient (Wildman–Crippen LogP) is 2.04. The lowest BCUT2D eigenvalue weighted by Gasteiger charge is -2.06. The van der Waals surface area contributed by atoms with Crippen LogP contribution in [0, 0.1) is 5.92 Å². The van der Waals surface area contributed by atoms with Crippen LogP contribution in [0.2, 0.25) is 0 Å². The van der Waals surface area contributed by atoms with E-state index in [1.165, 1.54) is 0 Å². The fourth-order valence-corrected chi connectivity index (χ4v) is 1.09. The summed E-state index contributed by atoms with van der Waals surface area (Å²) >= 11 is 0. The summed E-state index contributed by atoms with van der Waals surface area (Å²) in [5.41, 5.74) is 7.35. The Kier molecular flexibility index (Phi) is 3.07. The van der Waals surface area contributed by atoms with Crippen LogP contribution in [0.1, 0.15) is 19.4 Å². The highest BCUT2D eigenvalue weighted by Crippen LogP contribution is 2.13. The van der Waals surface area contributed by atoms with E-state index in [9.17, 15) is 4.79 Å². The highest BCUT2D eigenvalue weighted by molar-refractivity contribution is 5.83. The van der Waals surface area contributed by atoms with Crippen LogP contribution in [-0.4, -0.2) is 5.78 Å². The molecule has 70 valence electrons. The van der Waals surface area contributed by atoms with E-state index >= 15 is 0 Å². The van der Waals surface area contributed by atoms with E-state index in [0.717, 1.165) is 5.56 Å². The Morgan fingerprint density at radius 3 is 2.54 bits per heavy atom. The van der Waals surface area contributed by atoms with Crippen LogP contribution in [0.15, 0.2) is 24.3 Å². The summed E-state index contributed by atoms with van der Waals surface area (Å²) in [5.74, 6) is 0.317. The van der Waals surface area contributed by atoms with Gasteiger partial charge in [-0.3, -0.25) is 4.79 Å². The molecule has 0 aliphatic carbocycles. The highest BCUT2D eigenvalue weighted by Gasteiger charge is 2.09. The predicted molar refractivity (Wildman–Crippen MR) is 54.4 cm³/mol. The third-order valence-corrected chi connectivity index (χ3v) is 2.06. The Bertz CT molecular complexity index is 305. The Morgan fingerprint density at radius 1 is 1.38 bits per heavy atom. The highest BCUT2D eigenvalue weighted by atomic mass is 16.1. The number of hydrogen-bond donors (Lipinski definition) is 1. The van der Waals surface area contributed by atoms with Gasteiger partial charge in [0.05, 0.1) is 0 Å². The van der Waals surface area contributed by atoms with Crippen LogP contribution in [0.4, 0.5) is 5.69 Å². The summed E-state index contributed by atoms with van der Waals surface area (Å²) in [7, 11) is 0. The molecule has 0 aromatic heterocycles. The molecule has 0 heterocycles. The van der Waals surface area contributed by atoms with Crippen LogP contribution >= 0.6 is 0 Å². The summed E-state index contributed by atoms with van der Waals surface area (Å²) in [6, 6.07) is 7.50. The average Bonchev–Trinajstić information content (AvgIpc) is 2.08. The maximum atomic E-state index is 11.4. The van der Waals surface area contributed by atoms with E-state index in [-0.39, 0.29) is 11.7 Å². The van der Waals surface area contributed by atoms with E-state index in [0.29, 0.717) is 12.1 Å². The molecule has 0 bridgehead atoms. The Hall–Kier alpha value is -1.31. The molecule has 0 amide bonds. The standard InChI is InChI=1S/C11H15NO/c1-8(2)11(13)7-9-5-3-4-6-10(9)12/h3-6,8H,7,12H2,1-2H3. The van der Waals surface area contributed by atoms with Gasteiger partial charge in [-0.2, -0.15) is 0 Å². The normalized spacial score (nSPS) is 10.4. The molecule has 2 nitrogen and oxygen atoms in total. The summed E-state index contributed by atoms with van der Waals surface area (Å²) in [5, 5.41) is 0. The molecule has 2 heteroatoms. The van der Waals surface area contributed by atoms with Crippen LogP contribution < -0.4 is 5.73 Å². The van der Waals surface area contributed by atoms with Gasteiger partial charge in [0, 0.05) is 18.0 Å². The summed E-state index contributed by atoms with van der Waals surface area (Å²) in [6.45, 7) is 3.81. The minimum Gasteiger partial charge on any atom is -0.398 e. The first-order chi connectivity index (χ1) is 6.11. The second-order valence-electron chi connectivity index (χ2n) is 3.50. The Balaban J connectivity index is 2.75. The van der Waals surface area contributed by atoms with Crippen molar-refractivity contribution in [2.24, 2.45) is 5.92 Å². The number of benzene rings is 1. The van der Waals surface area contributed by atoms with Gasteiger partial charge >= 0.3 is 0 Å². The van der Waals surface area contributed by atoms with Crippen LogP contribution in [0.5, 0.6) is 0 Å². The van der Waals surface area contributed by atoms with Crippen molar-refractivity contribution in [2.45, 2.75) is 20.3 Å². The fourth-order valence-electron chi connectivity index (χ4n) is 1.09. The molecule has 0 atom stereocenters. The number of rotatable bonds is 3. The molecular formula is C11H15NO. The molecule has 2 N–H and O–H groups in total. The topological polar surface area (TPSA) is 43.1 Å². The number of Topliss-reactive ketones (excluding diaryl/α,β-unsaturated/α-hetero) is 1. The van der Waals surface area contributed by atoms with Gasteiger partial charge in [0.2, 0.25) is 0 Å². The number of ketones is 1. The van der Waals surface area contributed by atoms with Gasteiger partial charge < -0.3 is 5.73 Å². The van der Waals surface area contributed by atoms with Crippen molar-refractivity contribution in [3.05, 3.63) is 29.8 Å². The number of anilines is 1. The second-order valence-corrected chi connectivity index (χ2v) is 3.50. The van der Waals surface area contributed by atoms with Crippen molar-refractivity contribution in [1.82, 2.24) is 0 Å². The van der Waals surface area contributed by atoms with Crippen molar-refractivity contribution < 1.29 is 4.79 Å². The van der Waals surface area contributed by atoms with Crippen molar-refractivity contribution in [3.8, 4) is 0 Å². The van der Waals surface area contributed by atoms with Gasteiger partial charge in [0.25, 0.3) is 0 Å². The Labute approximate surface area is 78.8 Å². The van der Waals surface area contributed by atoms with Gasteiger partial charge in [-0.15, -0.1) is 0 Å². The van der Waals surface area contributed by atoms with Gasteiger partial charge in [-0.1, -0.05) is 32.0 Å². The number of para-hydroxylation sites is 1. The zero-order valence-corrected chi connectivity index (χ0v) is 8.08. The molecule has 13 heavy (non-hydrogen) atoms. The SMILES string of the molecule is CC(C)C(=O)Cc1ccccc1N. The molecule has 0 unspecified atom stereocenters. The summed E-state index contributed by atoms with van der Waals surface area (Å²) in [4.78, 5) is 11.4. The van der Waals surface area contributed by atoms with Crippen molar-refractivity contribution in [3.63, 3.8) is 0 Å². The van der Waals surface area contributed by atoms with Gasteiger partial charge in [-0.25, -0.2) is 0 Å². The van der Waals surface area contributed by atoms with E-state index in [4.69, 9.17) is 5.73 Å². The van der Waals surface area contributed by atoms with E-state index < -0.39 is 0 Å². The van der Waals surface area contributed by atoms with Crippen LogP contribution in [-0.2, 0) is 11.2 Å². The molecular weight excluding hydrogens is 162 g/mol. The zero-order chi connectivity index (χ0) is 9.84. The van der Waals surface area contributed by atoms with Crippen molar-refractivity contribution >= 4 is 11.5 Å². The lowest BCUT2D eigenvalue weighted by atomic mass is 10.0. The first-order valence-electron chi connectivity index (χ1n) is 4.47. The minimum absolute atomic E-state index is 0.0830. The van der Waals surface area contributed by atoms with Gasteiger partial charge in [-0.05, 0) is 11.6 Å². The van der Waals surface area contributed by atoms with Gasteiger partial charge in [0.1, 0.15) is 5.78 Å². The third kappa shape index (κ3) is 2.58. The minimum atomic E-state index is 0.0830. The van der Waals surface area contributed by atoms with E-state index in [2.05, 4.69) is 0 Å². The maximum Gasteiger partial charge on any atom is 0.139 e. The molecule has 0 radical (unpaired) electrons. The zero-order valence-electron chi connectivity index (χ0n) is 8.08. The largest absolute Gasteiger partial charge is 0.398 e. The maximum absolute atomic E-state index is 11.4. The molecule has 1 aromatic rings. The number of nitrogen functional groups attached to an aromatic ring is 1. The molecule has 1 rings (SSSR count). The summed E-state index contributed by atoms with van der Waals surface area (Å²) in [6.07, 6.45) is 0.449. The molecule has 0 fully saturated rings. The summed E-state index contributed by atoms with van der Waals surface area (Å²) < 4.78 is 0. The van der Waals surface area contributed by atoms with Crippen LogP contribution in [0.25, 0.3) is 0 Å². The molecule has 1 aromatic carbocycles. The number of carbonyl (C=O) groups excluding carboxylic acids is 1. The smallest absolute Gasteiger partial charge is 0.139 e. The first kappa shape index (κ1) is 9.78. The number of hydrogen-bond acceptors (Lipinski definition) is 2. The van der Waals surface area contributed by atoms with E-state index in [1.807, 2.05) is 38.1 Å². The second kappa shape index (κ2) is 4.08. The molecule has 0 aliphatic heterocycles. The number of carbonyl (C=O) groups is 1. The quantitative estimate of drug-likeness (QED) is 0.718. The average molecular weight is 177 g/mol. The molecule has 0 saturated carbocycles. The lowest BCUT2D eigenvalue weighted by molar-refractivity contribution is -0.121. The van der Waals surface area contributed by atoms with Crippen molar-refractivity contribution in [1.29, 1.82) is 0 Å². The monoisotopic (exact) mass is 177 g/mol. The van der Waals surface area contributed by atoms with Gasteiger partial charge in [0.15, 0.2) is 0 Å². The van der Waals surface area contributed by atoms with Crippen molar-refractivity contribution in [2.75, 3.05) is 5.73 Å². The first-order valence-corrected chi connectivity index (χ1v) is 4.47. The Morgan fingerprint density at radius 2 is 2.00 bits per heavy atom. The fraction of sp³-hybridized carbons (Fsp3) is 0.364. The number of nitrogens with two attached hydrogens (primary N) is 1. The lowest BCUT2D eigenvalue weighted by Crippen LogP contribution is -2.11. The third-order valence-electron chi connectivity index (χ3n) is 2.06. The van der Waals surface area contributed by atoms with Crippen LogP contribution in [0.3, 0.4) is 0 Å². The molecule has 0 aliphatic rings.